The van der Waals surface area contributed by atoms with Gasteiger partial charge in [0.15, 0.2) is 0 Å². The minimum Gasteiger partial charge on any atom is -0.369 e. The number of hydrogen-bond donors (Lipinski definition) is 0. The molecule has 0 unspecified atom stereocenters. The lowest BCUT2D eigenvalue weighted by molar-refractivity contribution is -0.384. The summed E-state index contributed by atoms with van der Waals surface area (Å²) in [4.78, 5) is 12.4. The first-order valence-electron chi connectivity index (χ1n) is 5.57. The van der Waals surface area contributed by atoms with Gasteiger partial charge in [-0.3, -0.25) is 10.1 Å². The van der Waals surface area contributed by atoms with Crippen LogP contribution in [0.2, 0.25) is 5.02 Å². The average molecular weight is 257 g/mol. The monoisotopic (exact) mass is 256 g/mol. The van der Waals surface area contributed by atoms with Crippen molar-refractivity contribution in [1.29, 1.82) is 0 Å². The van der Waals surface area contributed by atoms with E-state index in [2.05, 4.69) is 13.8 Å². The van der Waals surface area contributed by atoms with Crippen LogP contribution in [0, 0.1) is 16.0 Å². The molecule has 1 aromatic rings. The lowest BCUT2D eigenvalue weighted by Gasteiger charge is -2.20. The van der Waals surface area contributed by atoms with Crippen molar-refractivity contribution in [3.63, 3.8) is 0 Å². The highest BCUT2D eigenvalue weighted by atomic mass is 35.5. The van der Waals surface area contributed by atoms with Crippen LogP contribution < -0.4 is 4.90 Å². The zero-order valence-corrected chi connectivity index (χ0v) is 11.1. The van der Waals surface area contributed by atoms with Crippen LogP contribution in [-0.2, 0) is 0 Å². The summed E-state index contributed by atoms with van der Waals surface area (Å²) in [5, 5.41) is 11.2. The second-order valence-electron chi connectivity index (χ2n) is 4.47. The third-order valence-electron chi connectivity index (χ3n) is 2.60. The Morgan fingerprint density at radius 3 is 2.65 bits per heavy atom. The van der Waals surface area contributed by atoms with E-state index in [9.17, 15) is 10.1 Å². The molecule has 0 bridgehead atoms. The number of nitro groups is 1. The fourth-order valence-electron chi connectivity index (χ4n) is 1.57. The van der Waals surface area contributed by atoms with Crippen molar-refractivity contribution in [2.75, 3.05) is 18.5 Å². The van der Waals surface area contributed by atoms with Gasteiger partial charge in [-0.1, -0.05) is 31.5 Å². The quantitative estimate of drug-likeness (QED) is 0.596. The molecule has 0 amide bonds. The van der Waals surface area contributed by atoms with Crippen molar-refractivity contribution in [2.24, 2.45) is 5.92 Å². The van der Waals surface area contributed by atoms with Crippen LogP contribution >= 0.6 is 11.6 Å². The Bertz CT molecular complexity index is 407. The van der Waals surface area contributed by atoms with Crippen molar-refractivity contribution < 1.29 is 4.92 Å². The Kier molecular flexibility index (Phi) is 4.75. The number of nitrogens with zero attached hydrogens (tertiary/aromatic N) is 2. The summed E-state index contributed by atoms with van der Waals surface area (Å²) in [5.74, 6) is 0.565. The van der Waals surface area contributed by atoms with Crippen molar-refractivity contribution in [3.8, 4) is 0 Å². The van der Waals surface area contributed by atoms with Gasteiger partial charge < -0.3 is 4.90 Å². The number of anilines is 1. The Labute approximate surface area is 106 Å². The van der Waals surface area contributed by atoms with Gasteiger partial charge >= 0.3 is 5.69 Å². The minimum absolute atomic E-state index is 0.0135. The lowest BCUT2D eigenvalue weighted by Crippen LogP contribution is -2.20. The highest BCUT2D eigenvalue weighted by molar-refractivity contribution is 6.33. The Hall–Kier alpha value is -1.29. The van der Waals surface area contributed by atoms with Crippen LogP contribution in [0.4, 0.5) is 11.4 Å². The average Bonchev–Trinajstić information content (AvgIpc) is 2.24. The van der Waals surface area contributed by atoms with Crippen LogP contribution in [0.1, 0.15) is 20.3 Å². The second kappa shape index (κ2) is 5.87. The lowest BCUT2D eigenvalue weighted by atomic mass is 10.1. The zero-order valence-electron chi connectivity index (χ0n) is 10.3. The van der Waals surface area contributed by atoms with E-state index in [0.717, 1.165) is 13.0 Å². The summed E-state index contributed by atoms with van der Waals surface area (Å²) < 4.78 is 0. The van der Waals surface area contributed by atoms with E-state index in [4.69, 9.17) is 11.6 Å². The first-order valence-corrected chi connectivity index (χ1v) is 5.95. The first kappa shape index (κ1) is 13.8. The molecule has 0 aliphatic heterocycles. The molecule has 0 fully saturated rings. The van der Waals surface area contributed by atoms with Gasteiger partial charge in [-0.25, -0.2) is 0 Å². The largest absolute Gasteiger partial charge is 0.369 e. The normalized spacial score (nSPS) is 10.6. The number of nitro benzene ring substituents is 1. The maximum atomic E-state index is 11.0. The molecule has 0 aromatic heterocycles. The van der Waals surface area contributed by atoms with Crippen LogP contribution in [-0.4, -0.2) is 18.5 Å². The number of benzene rings is 1. The van der Waals surface area contributed by atoms with Gasteiger partial charge in [0.2, 0.25) is 0 Å². The number of para-hydroxylation sites is 1. The van der Waals surface area contributed by atoms with Gasteiger partial charge in [0, 0.05) is 13.6 Å². The summed E-state index contributed by atoms with van der Waals surface area (Å²) >= 11 is 5.86. The smallest absolute Gasteiger partial charge is 0.310 e. The van der Waals surface area contributed by atoms with E-state index in [0.29, 0.717) is 11.6 Å². The molecule has 94 valence electrons. The topological polar surface area (TPSA) is 46.4 Å². The van der Waals surface area contributed by atoms with E-state index in [1.807, 2.05) is 11.9 Å². The predicted octanol–water partition coefficient (Wildman–Crippen LogP) is 3.73. The molecular formula is C12H17ClN2O2. The van der Waals surface area contributed by atoms with Crippen molar-refractivity contribution in [3.05, 3.63) is 33.3 Å². The third kappa shape index (κ3) is 3.60. The molecule has 0 aliphatic carbocycles. The van der Waals surface area contributed by atoms with Crippen LogP contribution in [0.15, 0.2) is 18.2 Å². The molecule has 17 heavy (non-hydrogen) atoms. The Balaban J connectivity index is 2.96. The first-order chi connectivity index (χ1) is 7.93. The summed E-state index contributed by atoms with van der Waals surface area (Å²) in [5.41, 5.74) is 0.559. The molecule has 4 nitrogen and oxygen atoms in total. The molecule has 0 N–H and O–H groups in total. The molecule has 0 radical (unpaired) electrons. The third-order valence-corrected chi connectivity index (χ3v) is 2.91. The summed E-state index contributed by atoms with van der Waals surface area (Å²) in [6.45, 7) is 5.03. The van der Waals surface area contributed by atoms with Crippen molar-refractivity contribution >= 4 is 23.0 Å². The second-order valence-corrected chi connectivity index (χ2v) is 4.88. The number of hydrogen-bond acceptors (Lipinski definition) is 3. The molecule has 0 saturated carbocycles. The molecule has 0 saturated heterocycles. The highest BCUT2D eigenvalue weighted by Gasteiger charge is 2.20. The van der Waals surface area contributed by atoms with Gasteiger partial charge in [-0.15, -0.1) is 0 Å². The van der Waals surface area contributed by atoms with Crippen LogP contribution in [0.25, 0.3) is 0 Å². The van der Waals surface area contributed by atoms with E-state index >= 15 is 0 Å². The Morgan fingerprint density at radius 1 is 1.47 bits per heavy atom. The van der Waals surface area contributed by atoms with Crippen molar-refractivity contribution in [1.82, 2.24) is 0 Å². The fraction of sp³-hybridized carbons (Fsp3) is 0.500. The van der Waals surface area contributed by atoms with Gasteiger partial charge in [0.05, 0.1) is 4.92 Å². The van der Waals surface area contributed by atoms with E-state index in [-0.39, 0.29) is 10.7 Å². The van der Waals surface area contributed by atoms with Crippen molar-refractivity contribution in [2.45, 2.75) is 20.3 Å². The van der Waals surface area contributed by atoms with E-state index < -0.39 is 4.92 Å². The molecule has 0 aliphatic rings. The molecule has 0 atom stereocenters. The van der Waals surface area contributed by atoms with E-state index in [1.54, 1.807) is 18.2 Å². The minimum atomic E-state index is -0.427. The van der Waals surface area contributed by atoms with Gasteiger partial charge in [-0.2, -0.15) is 0 Å². The van der Waals surface area contributed by atoms with Gasteiger partial charge in [-0.05, 0) is 24.5 Å². The summed E-state index contributed by atoms with van der Waals surface area (Å²) in [7, 11) is 1.85. The van der Waals surface area contributed by atoms with Crippen LogP contribution in [0.5, 0.6) is 0 Å². The standard InChI is InChI=1S/C12H17ClN2O2/c1-9(2)7-8-14(3)11-6-4-5-10(13)12(11)15(16)17/h4-6,9H,7-8H2,1-3H3. The predicted molar refractivity (Wildman–Crippen MR) is 70.8 cm³/mol. The van der Waals surface area contributed by atoms with E-state index in [1.165, 1.54) is 0 Å². The van der Waals surface area contributed by atoms with Gasteiger partial charge in [0.25, 0.3) is 0 Å². The van der Waals surface area contributed by atoms with Gasteiger partial charge in [0.1, 0.15) is 10.7 Å². The Morgan fingerprint density at radius 2 is 2.12 bits per heavy atom. The molecule has 5 heteroatoms. The zero-order chi connectivity index (χ0) is 13.0. The number of halogens is 1. The van der Waals surface area contributed by atoms with Crippen LogP contribution in [0.3, 0.4) is 0 Å². The highest BCUT2D eigenvalue weighted by Crippen LogP contribution is 2.34. The number of rotatable bonds is 5. The molecule has 0 spiro atoms. The fourth-order valence-corrected chi connectivity index (χ4v) is 1.80. The SMILES string of the molecule is CC(C)CCN(C)c1cccc(Cl)c1[N+](=O)[O-]. The molecular weight excluding hydrogens is 240 g/mol. The maximum absolute atomic E-state index is 11.0. The summed E-state index contributed by atoms with van der Waals surface area (Å²) in [6.07, 6.45) is 0.986. The molecule has 0 heterocycles. The maximum Gasteiger partial charge on any atom is 0.310 e. The summed E-state index contributed by atoms with van der Waals surface area (Å²) in [6, 6.07) is 5.00. The molecule has 1 aromatic carbocycles. The molecule has 1 rings (SSSR count).